The molecule has 0 radical (unpaired) electrons. The summed E-state index contributed by atoms with van der Waals surface area (Å²) in [6.07, 6.45) is 0. The van der Waals surface area contributed by atoms with Crippen molar-refractivity contribution in [1.29, 1.82) is 0 Å². The number of anilines is 3. The molecule has 5 nitrogen and oxygen atoms in total. The van der Waals surface area contributed by atoms with Crippen molar-refractivity contribution in [2.75, 3.05) is 17.2 Å². The average molecular weight is 333 g/mol. The molecule has 0 aliphatic rings. The van der Waals surface area contributed by atoms with Crippen LogP contribution in [0.3, 0.4) is 0 Å². The van der Waals surface area contributed by atoms with E-state index in [1.165, 1.54) is 0 Å². The van der Waals surface area contributed by atoms with Crippen LogP contribution in [0.25, 0.3) is 0 Å². The maximum Gasteiger partial charge on any atom is 0.250 e. The Morgan fingerprint density at radius 3 is 2.25 bits per heavy atom. The minimum Gasteiger partial charge on any atom is -0.354 e. The summed E-state index contributed by atoms with van der Waals surface area (Å²) in [6, 6.07) is 9.46. The summed E-state index contributed by atoms with van der Waals surface area (Å²) < 4.78 is -1.71. The summed E-state index contributed by atoms with van der Waals surface area (Å²) in [5.74, 6) is 0.720. The van der Waals surface area contributed by atoms with Crippen molar-refractivity contribution in [3.8, 4) is 0 Å². The molecule has 0 bridgehead atoms. The second-order valence-electron chi connectivity index (χ2n) is 3.83. The molecular weight excluding hydrogens is 321 g/mol. The molecule has 0 saturated heterocycles. The van der Waals surface area contributed by atoms with E-state index in [0.29, 0.717) is 18.4 Å². The van der Waals surface area contributed by atoms with Crippen LogP contribution in [0.2, 0.25) is 0 Å². The Balaban J connectivity index is 2.34. The van der Waals surface area contributed by atoms with E-state index in [9.17, 15) is 0 Å². The molecule has 0 aliphatic carbocycles. The molecule has 2 aromatic rings. The Labute approximate surface area is 131 Å². The molecular formula is C12H12Cl3N5. The highest BCUT2D eigenvalue weighted by atomic mass is 35.6. The third kappa shape index (κ3) is 4.10. The van der Waals surface area contributed by atoms with Gasteiger partial charge in [-0.25, -0.2) is 0 Å². The highest BCUT2D eigenvalue weighted by Crippen LogP contribution is 2.36. The van der Waals surface area contributed by atoms with Crippen molar-refractivity contribution >= 4 is 52.4 Å². The SMILES string of the molecule is CCNc1nc(Nc2ccccc2)nc(C(Cl)(Cl)Cl)n1. The van der Waals surface area contributed by atoms with Crippen LogP contribution in [0.5, 0.6) is 0 Å². The number of hydrogen-bond acceptors (Lipinski definition) is 5. The number of rotatable bonds is 4. The summed E-state index contributed by atoms with van der Waals surface area (Å²) in [7, 11) is 0. The zero-order valence-corrected chi connectivity index (χ0v) is 12.8. The first kappa shape index (κ1) is 15.1. The molecule has 2 N–H and O–H groups in total. The van der Waals surface area contributed by atoms with E-state index < -0.39 is 3.79 Å². The summed E-state index contributed by atoms with van der Waals surface area (Å²) in [4.78, 5) is 12.4. The number of nitrogens with zero attached hydrogens (tertiary/aromatic N) is 3. The van der Waals surface area contributed by atoms with Crippen molar-refractivity contribution < 1.29 is 0 Å². The van der Waals surface area contributed by atoms with E-state index in [1.807, 2.05) is 37.3 Å². The second-order valence-corrected chi connectivity index (χ2v) is 6.11. The maximum atomic E-state index is 5.83. The van der Waals surface area contributed by atoms with E-state index in [1.54, 1.807) is 0 Å². The van der Waals surface area contributed by atoms with Crippen molar-refractivity contribution in [1.82, 2.24) is 15.0 Å². The standard InChI is InChI=1S/C12H12Cl3N5/c1-2-16-10-18-9(12(13,14)15)19-11(20-10)17-8-6-4-3-5-7-8/h3-7H,2H2,1H3,(H2,16,17,18,19,20). The van der Waals surface area contributed by atoms with Gasteiger partial charge in [-0.2, -0.15) is 15.0 Å². The van der Waals surface area contributed by atoms with Crippen LogP contribution in [-0.4, -0.2) is 21.5 Å². The molecule has 0 saturated carbocycles. The molecule has 20 heavy (non-hydrogen) atoms. The second kappa shape index (κ2) is 6.43. The minimum atomic E-state index is -1.71. The van der Waals surface area contributed by atoms with Crippen LogP contribution in [0.4, 0.5) is 17.6 Å². The molecule has 0 spiro atoms. The molecule has 0 atom stereocenters. The molecule has 8 heteroatoms. The number of nitrogens with one attached hydrogen (secondary N) is 2. The molecule has 1 heterocycles. The van der Waals surface area contributed by atoms with Gasteiger partial charge in [0, 0.05) is 12.2 Å². The van der Waals surface area contributed by atoms with E-state index in [4.69, 9.17) is 34.8 Å². The molecule has 0 unspecified atom stereocenters. The fraction of sp³-hybridized carbons (Fsp3) is 0.250. The first-order valence-electron chi connectivity index (χ1n) is 5.88. The number of benzene rings is 1. The predicted octanol–water partition coefficient (Wildman–Crippen LogP) is 3.87. The van der Waals surface area contributed by atoms with Crippen LogP contribution < -0.4 is 10.6 Å². The number of hydrogen-bond donors (Lipinski definition) is 2. The fourth-order valence-electron chi connectivity index (χ4n) is 1.45. The molecule has 1 aromatic carbocycles. The smallest absolute Gasteiger partial charge is 0.250 e. The Hall–Kier alpha value is -1.30. The molecule has 0 fully saturated rings. The summed E-state index contributed by atoms with van der Waals surface area (Å²) >= 11 is 17.5. The van der Waals surface area contributed by atoms with Crippen molar-refractivity contribution in [2.24, 2.45) is 0 Å². The van der Waals surface area contributed by atoms with Gasteiger partial charge in [0.1, 0.15) is 0 Å². The van der Waals surface area contributed by atoms with Gasteiger partial charge in [-0.05, 0) is 19.1 Å². The average Bonchev–Trinajstić information content (AvgIpc) is 2.39. The van der Waals surface area contributed by atoms with E-state index in [-0.39, 0.29) is 5.82 Å². The maximum absolute atomic E-state index is 5.83. The summed E-state index contributed by atoms with van der Waals surface area (Å²) in [5, 5.41) is 6.01. The lowest BCUT2D eigenvalue weighted by atomic mass is 10.3. The van der Waals surface area contributed by atoms with Crippen LogP contribution in [0.15, 0.2) is 30.3 Å². The van der Waals surface area contributed by atoms with E-state index in [0.717, 1.165) is 5.69 Å². The van der Waals surface area contributed by atoms with E-state index in [2.05, 4.69) is 25.6 Å². The first-order chi connectivity index (χ1) is 9.49. The normalized spacial score (nSPS) is 11.2. The molecule has 2 rings (SSSR count). The van der Waals surface area contributed by atoms with Gasteiger partial charge in [0.15, 0.2) is 5.82 Å². The summed E-state index contributed by atoms with van der Waals surface area (Å²) in [6.45, 7) is 2.57. The van der Waals surface area contributed by atoms with E-state index >= 15 is 0 Å². The lowest BCUT2D eigenvalue weighted by molar-refractivity contribution is 0.919. The van der Waals surface area contributed by atoms with Gasteiger partial charge in [-0.1, -0.05) is 53.0 Å². The number of aromatic nitrogens is 3. The third-order valence-corrected chi connectivity index (χ3v) is 2.76. The Kier molecular flexibility index (Phi) is 4.86. The van der Waals surface area contributed by atoms with Crippen molar-refractivity contribution in [3.05, 3.63) is 36.2 Å². The lowest BCUT2D eigenvalue weighted by Gasteiger charge is -2.13. The van der Waals surface area contributed by atoms with Gasteiger partial charge in [-0.15, -0.1) is 0 Å². The Bertz CT molecular complexity index is 571. The number of halogens is 3. The highest BCUT2D eigenvalue weighted by molar-refractivity contribution is 6.66. The van der Waals surface area contributed by atoms with Gasteiger partial charge in [0.25, 0.3) is 0 Å². The van der Waals surface area contributed by atoms with Gasteiger partial charge in [0.2, 0.25) is 15.7 Å². The topological polar surface area (TPSA) is 62.7 Å². The van der Waals surface area contributed by atoms with Gasteiger partial charge >= 0.3 is 0 Å². The largest absolute Gasteiger partial charge is 0.354 e. The van der Waals surface area contributed by atoms with Crippen molar-refractivity contribution in [2.45, 2.75) is 10.7 Å². The highest BCUT2D eigenvalue weighted by Gasteiger charge is 2.28. The molecule has 0 aliphatic heterocycles. The predicted molar refractivity (Wildman–Crippen MR) is 83.0 cm³/mol. The van der Waals surface area contributed by atoms with Gasteiger partial charge in [0.05, 0.1) is 0 Å². The Morgan fingerprint density at radius 1 is 1.00 bits per heavy atom. The van der Waals surface area contributed by atoms with Crippen LogP contribution >= 0.6 is 34.8 Å². The van der Waals surface area contributed by atoms with Gasteiger partial charge in [-0.3, -0.25) is 0 Å². The minimum absolute atomic E-state index is 0.0619. The number of alkyl halides is 3. The Morgan fingerprint density at radius 2 is 1.65 bits per heavy atom. The van der Waals surface area contributed by atoms with Crippen molar-refractivity contribution in [3.63, 3.8) is 0 Å². The zero-order valence-electron chi connectivity index (χ0n) is 10.6. The zero-order chi connectivity index (χ0) is 14.6. The number of para-hydroxylation sites is 1. The first-order valence-corrected chi connectivity index (χ1v) is 7.01. The van der Waals surface area contributed by atoms with Crippen LogP contribution in [-0.2, 0) is 3.79 Å². The fourth-order valence-corrected chi connectivity index (χ4v) is 1.70. The monoisotopic (exact) mass is 331 g/mol. The van der Waals surface area contributed by atoms with Gasteiger partial charge < -0.3 is 10.6 Å². The third-order valence-electron chi connectivity index (χ3n) is 2.25. The van der Waals surface area contributed by atoms with Crippen LogP contribution in [0.1, 0.15) is 12.7 Å². The quantitative estimate of drug-likeness (QED) is 0.832. The van der Waals surface area contributed by atoms with Crippen LogP contribution in [0, 0.1) is 0 Å². The molecule has 106 valence electrons. The lowest BCUT2D eigenvalue weighted by Crippen LogP contribution is -2.14. The molecule has 1 aromatic heterocycles. The summed E-state index contributed by atoms with van der Waals surface area (Å²) in [5.41, 5.74) is 0.830. The molecule has 0 amide bonds.